The minimum Gasteiger partial charge on any atom is -0.348 e. The zero-order valence-electron chi connectivity index (χ0n) is 26.1. The number of para-hydroxylation sites is 2. The zero-order valence-corrected chi connectivity index (χ0v) is 26.1. The van der Waals surface area contributed by atoms with Crippen molar-refractivity contribution < 1.29 is 19.2 Å². The number of unbranched alkanes of at least 4 members (excludes halogenated alkanes) is 5. The smallest absolute Gasteiger partial charge is 0.253 e. The monoisotopic (exact) mass is 618 g/mol. The summed E-state index contributed by atoms with van der Waals surface area (Å²) in [4.78, 5) is 50.7. The van der Waals surface area contributed by atoms with Gasteiger partial charge in [-0.15, -0.1) is 0 Å². The van der Waals surface area contributed by atoms with Gasteiger partial charge >= 0.3 is 0 Å². The third-order valence-corrected chi connectivity index (χ3v) is 7.54. The van der Waals surface area contributed by atoms with Crippen LogP contribution in [0, 0.1) is 0 Å². The van der Waals surface area contributed by atoms with E-state index in [1.54, 1.807) is 48.5 Å². The quantitative estimate of drug-likeness (QED) is 0.0933. The molecule has 0 heterocycles. The highest BCUT2D eigenvalue weighted by Gasteiger charge is 2.14. The normalized spacial score (nSPS) is 10.5. The van der Waals surface area contributed by atoms with Crippen LogP contribution in [0.5, 0.6) is 0 Å². The molecule has 0 aromatic heterocycles. The fourth-order valence-electron chi connectivity index (χ4n) is 5.03. The van der Waals surface area contributed by atoms with Crippen LogP contribution in [0.2, 0.25) is 0 Å². The molecule has 0 spiro atoms. The molecule has 0 fully saturated rings. The fraction of sp³-hybridized carbons (Fsp3) is 0.263. The Morgan fingerprint density at radius 3 is 1.17 bits per heavy atom. The van der Waals surface area contributed by atoms with Crippen LogP contribution in [-0.2, 0) is 22.7 Å². The molecule has 0 saturated heterocycles. The molecule has 46 heavy (non-hydrogen) atoms. The van der Waals surface area contributed by atoms with Gasteiger partial charge in [0.2, 0.25) is 11.8 Å². The molecule has 8 heteroatoms. The molecule has 4 amide bonds. The molecule has 0 atom stereocenters. The van der Waals surface area contributed by atoms with E-state index in [1.807, 2.05) is 60.7 Å². The van der Waals surface area contributed by atoms with Gasteiger partial charge in [0.1, 0.15) is 0 Å². The molecule has 4 aromatic rings. The maximum absolute atomic E-state index is 12.7. The third kappa shape index (κ3) is 11.4. The largest absolute Gasteiger partial charge is 0.348 e. The van der Waals surface area contributed by atoms with Crippen molar-refractivity contribution in [3.05, 3.63) is 131 Å². The van der Waals surface area contributed by atoms with E-state index < -0.39 is 0 Å². The average Bonchev–Trinajstić information content (AvgIpc) is 3.08. The fourth-order valence-corrected chi connectivity index (χ4v) is 5.03. The molecule has 238 valence electrons. The SMILES string of the molecule is O=C(CCCCCCCCC(=O)Nc1ccccc1C(=O)NCc1ccccc1)Nc1ccccc1C(=O)NCc1ccccc1. The van der Waals surface area contributed by atoms with E-state index in [0.29, 0.717) is 48.4 Å². The van der Waals surface area contributed by atoms with Crippen LogP contribution in [0.3, 0.4) is 0 Å². The summed E-state index contributed by atoms with van der Waals surface area (Å²) >= 11 is 0. The highest BCUT2D eigenvalue weighted by molar-refractivity contribution is 6.04. The molecule has 0 saturated carbocycles. The second-order valence-electron chi connectivity index (χ2n) is 11.1. The number of carbonyl (C=O) groups excluding carboxylic acids is 4. The number of anilines is 2. The zero-order chi connectivity index (χ0) is 32.4. The van der Waals surface area contributed by atoms with Gasteiger partial charge in [0.05, 0.1) is 22.5 Å². The van der Waals surface area contributed by atoms with Gasteiger partial charge in [-0.1, -0.05) is 111 Å². The number of carbonyl (C=O) groups is 4. The Hall–Kier alpha value is -5.24. The Morgan fingerprint density at radius 1 is 0.413 bits per heavy atom. The van der Waals surface area contributed by atoms with Gasteiger partial charge in [0.25, 0.3) is 11.8 Å². The van der Waals surface area contributed by atoms with E-state index in [1.165, 1.54) is 0 Å². The minimum absolute atomic E-state index is 0.117. The summed E-state index contributed by atoms with van der Waals surface area (Å²) in [6.07, 6.45) is 6.00. The Balaban J connectivity index is 1.08. The molecule has 0 bridgehead atoms. The highest BCUT2D eigenvalue weighted by atomic mass is 16.2. The van der Waals surface area contributed by atoms with Crippen molar-refractivity contribution in [3.8, 4) is 0 Å². The Labute approximate surface area is 271 Å². The van der Waals surface area contributed by atoms with E-state index in [9.17, 15) is 19.2 Å². The lowest BCUT2D eigenvalue weighted by Gasteiger charge is -2.12. The van der Waals surface area contributed by atoms with Crippen molar-refractivity contribution in [2.24, 2.45) is 0 Å². The van der Waals surface area contributed by atoms with E-state index in [4.69, 9.17) is 0 Å². The number of hydrogen-bond donors (Lipinski definition) is 4. The average molecular weight is 619 g/mol. The van der Waals surface area contributed by atoms with Crippen molar-refractivity contribution in [2.75, 3.05) is 10.6 Å². The summed E-state index contributed by atoms with van der Waals surface area (Å²) < 4.78 is 0. The van der Waals surface area contributed by atoms with Crippen LogP contribution >= 0.6 is 0 Å². The Kier molecular flexibility index (Phi) is 13.6. The van der Waals surface area contributed by atoms with Gasteiger partial charge in [0.15, 0.2) is 0 Å². The first kappa shape index (κ1) is 33.6. The number of benzene rings is 4. The molecular weight excluding hydrogens is 576 g/mol. The van der Waals surface area contributed by atoms with E-state index in [0.717, 1.165) is 49.7 Å². The number of amides is 4. The molecule has 4 N–H and O–H groups in total. The van der Waals surface area contributed by atoms with Crippen LogP contribution in [-0.4, -0.2) is 23.6 Å². The first-order valence-electron chi connectivity index (χ1n) is 15.9. The number of nitrogens with one attached hydrogen (secondary N) is 4. The lowest BCUT2D eigenvalue weighted by Crippen LogP contribution is -2.24. The predicted molar refractivity (Wildman–Crippen MR) is 182 cm³/mol. The minimum atomic E-state index is -0.234. The van der Waals surface area contributed by atoms with E-state index in [-0.39, 0.29) is 23.6 Å². The van der Waals surface area contributed by atoms with Crippen LogP contribution in [0.1, 0.15) is 83.2 Å². The summed E-state index contributed by atoms with van der Waals surface area (Å²) in [5.41, 5.74) is 3.89. The van der Waals surface area contributed by atoms with Crippen LogP contribution < -0.4 is 21.3 Å². The van der Waals surface area contributed by atoms with Gasteiger partial charge in [0, 0.05) is 25.9 Å². The first-order valence-corrected chi connectivity index (χ1v) is 15.9. The van der Waals surface area contributed by atoms with Crippen LogP contribution in [0.15, 0.2) is 109 Å². The summed E-state index contributed by atoms with van der Waals surface area (Å²) in [5, 5.41) is 11.6. The summed E-state index contributed by atoms with van der Waals surface area (Å²) in [5.74, 6) is -0.702. The molecule has 0 radical (unpaired) electrons. The van der Waals surface area contributed by atoms with Gasteiger partial charge in [-0.05, 0) is 48.2 Å². The van der Waals surface area contributed by atoms with Gasteiger partial charge in [-0.2, -0.15) is 0 Å². The van der Waals surface area contributed by atoms with Crippen molar-refractivity contribution in [1.29, 1.82) is 0 Å². The molecule has 4 rings (SSSR count). The van der Waals surface area contributed by atoms with Crippen molar-refractivity contribution in [1.82, 2.24) is 10.6 Å². The van der Waals surface area contributed by atoms with E-state index in [2.05, 4.69) is 21.3 Å². The van der Waals surface area contributed by atoms with Gasteiger partial charge in [-0.25, -0.2) is 0 Å². The standard InChI is InChI=1S/C38H42N4O4/c43-35(41-33-23-15-13-21-31(33)37(45)39-27-29-17-7-5-8-18-29)25-11-3-1-2-4-12-26-36(44)42-34-24-16-14-22-32(34)38(46)40-28-30-19-9-6-10-20-30/h5-10,13-24H,1-4,11-12,25-28H2,(H,39,45)(H,40,46)(H,41,43)(H,42,44). The molecule has 0 aliphatic heterocycles. The van der Waals surface area contributed by atoms with Gasteiger partial charge in [-0.3, -0.25) is 19.2 Å². The summed E-state index contributed by atoms with van der Waals surface area (Å²) in [6, 6.07) is 33.4. The van der Waals surface area contributed by atoms with Crippen molar-refractivity contribution in [2.45, 2.75) is 64.5 Å². The third-order valence-electron chi connectivity index (χ3n) is 7.54. The molecule has 4 aromatic carbocycles. The van der Waals surface area contributed by atoms with E-state index >= 15 is 0 Å². The molecule has 0 aliphatic rings. The predicted octanol–water partition coefficient (Wildman–Crippen LogP) is 7.24. The second kappa shape index (κ2) is 18.5. The maximum Gasteiger partial charge on any atom is 0.253 e. The topological polar surface area (TPSA) is 116 Å². The number of hydrogen-bond acceptors (Lipinski definition) is 4. The van der Waals surface area contributed by atoms with Crippen molar-refractivity contribution in [3.63, 3.8) is 0 Å². The molecule has 0 unspecified atom stereocenters. The lowest BCUT2D eigenvalue weighted by atomic mass is 10.1. The Bertz CT molecular complexity index is 1460. The number of rotatable bonds is 17. The van der Waals surface area contributed by atoms with Crippen molar-refractivity contribution >= 4 is 35.0 Å². The van der Waals surface area contributed by atoms with Gasteiger partial charge < -0.3 is 21.3 Å². The second-order valence-corrected chi connectivity index (χ2v) is 11.1. The highest BCUT2D eigenvalue weighted by Crippen LogP contribution is 2.18. The first-order chi connectivity index (χ1) is 22.5. The molecule has 0 aliphatic carbocycles. The summed E-state index contributed by atoms with van der Waals surface area (Å²) in [7, 11) is 0. The molecular formula is C38H42N4O4. The van der Waals surface area contributed by atoms with Crippen LogP contribution in [0.4, 0.5) is 11.4 Å². The lowest BCUT2D eigenvalue weighted by molar-refractivity contribution is -0.117. The summed E-state index contributed by atoms with van der Waals surface area (Å²) in [6.45, 7) is 0.823. The molecule has 8 nitrogen and oxygen atoms in total. The Morgan fingerprint density at radius 2 is 0.761 bits per heavy atom. The maximum atomic E-state index is 12.7. The van der Waals surface area contributed by atoms with Crippen LogP contribution in [0.25, 0.3) is 0 Å².